The molecule has 2 heterocycles. The average Bonchev–Trinajstić information content (AvgIpc) is 2.46. The Kier molecular flexibility index (Phi) is 4.47. The van der Waals surface area contributed by atoms with Crippen molar-refractivity contribution in [1.29, 1.82) is 0 Å². The van der Waals surface area contributed by atoms with Crippen LogP contribution in [-0.4, -0.2) is 30.1 Å². The van der Waals surface area contributed by atoms with E-state index >= 15 is 0 Å². The van der Waals surface area contributed by atoms with E-state index in [1.165, 1.54) is 36.0 Å². The van der Waals surface area contributed by atoms with Gasteiger partial charge in [0.2, 0.25) is 0 Å². The molecular formula is C19H30N2O. The van der Waals surface area contributed by atoms with E-state index in [1.54, 1.807) is 0 Å². The normalized spacial score (nSPS) is 32.4. The molecule has 2 aliphatic heterocycles. The summed E-state index contributed by atoms with van der Waals surface area (Å²) in [5.74, 6) is 1.41. The van der Waals surface area contributed by atoms with Gasteiger partial charge in [-0.1, -0.05) is 24.1 Å². The lowest BCUT2D eigenvalue weighted by molar-refractivity contribution is 0.0577. The van der Waals surface area contributed by atoms with Crippen molar-refractivity contribution >= 4 is 0 Å². The van der Waals surface area contributed by atoms with Crippen molar-refractivity contribution in [3.8, 4) is 5.75 Å². The molecule has 22 heavy (non-hydrogen) atoms. The third-order valence-corrected chi connectivity index (χ3v) is 5.58. The van der Waals surface area contributed by atoms with E-state index in [0.29, 0.717) is 18.0 Å². The van der Waals surface area contributed by atoms with Crippen LogP contribution in [-0.2, 0) is 0 Å². The van der Waals surface area contributed by atoms with Crippen LogP contribution in [0.4, 0.5) is 0 Å². The lowest BCUT2D eigenvalue weighted by Crippen LogP contribution is -2.49. The van der Waals surface area contributed by atoms with E-state index in [0.717, 1.165) is 18.9 Å². The van der Waals surface area contributed by atoms with E-state index in [-0.39, 0.29) is 6.04 Å². The van der Waals surface area contributed by atoms with E-state index in [1.807, 2.05) is 0 Å². The molecule has 4 atom stereocenters. The fourth-order valence-electron chi connectivity index (χ4n) is 4.25. The fourth-order valence-corrected chi connectivity index (χ4v) is 4.25. The Morgan fingerprint density at radius 1 is 1.18 bits per heavy atom. The second-order valence-electron chi connectivity index (χ2n) is 7.42. The van der Waals surface area contributed by atoms with E-state index in [2.05, 4.69) is 44.7 Å². The third-order valence-electron chi connectivity index (χ3n) is 5.58. The maximum Gasteiger partial charge on any atom is 0.127 e. The van der Waals surface area contributed by atoms with E-state index in [4.69, 9.17) is 10.5 Å². The van der Waals surface area contributed by atoms with Crippen LogP contribution < -0.4 is 10.5 Å². The highest BCUT2D eigenvalue weighted by Crippen LogP contribution is 2.38. The molecule has 3 heteroatoms. The summed E-state index contributed by atoms with van der Waals surface area (Å²) in [6, 6.07) is 5.81. The number of nitrogens with zero attached hydrogens (tertiary/aromatic N) is 1. The summed E-state index contributed by atoms with van der Waals surface area (Å²) < 4.78 is 6.10. The number of hydrogen-bond acceptors (Lipinski definition) is 3. The van der Waals surface area contributed by atoms with Gasteiger partial charge in [0.25, 0.3) is 0 Å². The van der Waals surface area contributed by atoms with Crippen LogP contribution in [0.1, 0.15) is 55.8 Å². The monoisotopic (exact) mass is 302 g/mol. The zero-order chi connectivity index (χ0) is 15.9. The molecule has 0 aliphatic carbocycles. The van der Waals surface area contributed by atoms with Gasteiger partial charge in [-0.05, 0) is 46.1 Å². The molecule has 122 valence electrons. The maximum absolute atomic E-state index is 6.63. The van der Waals surface area contributed by atoms with Crippen molar-refractivity contribution in [2.24, 2.45) is 11.7 Å². The predicted molar refractivity (Wildman–Crippen MR) is 91.3 cm³/mol. The summed E-state index contributed by atoms with van der Waals surface area (Å²) in [5.41, 5.74) is 10.3. The third kappa shape index (κ3) is 2.89. The molecule has 0 radical (unpaired) electrons. The second-order valence-corrected chi connectivity index (χ2v) is 7.42. The van der Waals surface area contributed by atoms with Crippen LogP contribution in [0, 0.1) is 19.8 Å². The minimum Gasteiger partial charge on any atom is -0.493 e. The molecule has 0 spiro atoms. The average molecular weight is 302 g/mol. The quantitative estimate of drug-likeness (QED) is 0.907. The number of hydrogen-bond donors (Lipinski definition) is 1. The molecule has 4 unspecified atom stereocenters. The first kappa shape index (κ1) is 15.8. The van der Waals surface area contributed by atoms with E-state index in [9.17, 15) is 0 Å². The van der Waals surface area contributed by atoms with Crippen LogP contribution in [0.25, 0.3) is 0 Å². The number of likely N-dealkylation sites (tertiary alicyclic amines) is 1. The van der Waals surface area contributed by atoms with Crippen LogP contribution in [0.15, 0.2) is 12.1 Å². The Balaban J connectivity index is 1.79. The minimum atomic E-state index is 0.0867. The molecule has 3 rings (SSSR count). The van der Waals surface area contributed by atoms with Gasteiger partial charge in [-0.3, -0.25) is 4.90 Å². The molecule has 0 bridgehead atoms. The molecule has 0 aromatic heterocycles. The molecule has 1 aromatic carbocycles. The Hall–Kier alpha value is -1.06. The summed E-state index contributed by atoms with van der Waals surface area (Å²) in [6.07, 6.45) is 3.97. The molecule has 1 fully saturated rings. The van der Waals surface area contributed by atoms with Gasteiger partial charge in [-0.25, -0.2) is 0 Å². The van der Waals surface area contributed by atoms with Crippen LogP contribution in [0.3, 0.4) is 0 Å². The van der Waals surface area contributed by atoms with Crippen LogP contribution in [0.5, 0.6) is 5.75 Å². The number of benzene rings is 1. The first-order chi connectivity index (χ1) is 10.5. The van der Waals surface area contributed by atoms with Crippen molar-refractivity contribution in [2.75, 3.05) is 13.2 Å². The molecule has 2 aliphatic rings. The topological polar surface area (TPSA) is 38.5 Å². The smallest absolute Gasteiger partial charge is 0.127 e. The van der Waals surface area contributed by atoms with Gasteiger partial charge in [0.1, 0.15) is 5.75 Å². The highest BCUT2D eigenvalue weighted by Gasteiger charge is 2.34. The summed E-state index contributed by atoms with van der Waals surface area (Å²) in [5, 5.41) is 0. The summed E-state index contributed by atoms with van der Waals surface area (Å²) in [4.78, 5) is 2.64. The molecule has 1 saturated heterocycles. The predicted octanol–water partition coefficient (Wildman–Crippen LogP) is 3.57. The minimum absolute atomic E-state index is 0.0867. The Bertz CT molecular complexity index is 532. The zero-order valence-corrected chi connectivity index (χ0v) is 14.4. The standard InChI is InChI=1S/C19H30N2O/c1-12-8-13(2)19-17(9-12)18(20)16(11-22-19)10-21-14(3)6-5-7-15(21)4/h8-9,14-16,18H,5-7,10-11,20H2,1-4H3. The molecule has 0 saturated carbocycles. The van der Waals surface area contributed by atoms with Crippen molar-refractivity contribution in [2.45, 2.75) is 65.1 Å². The number of nitrogens with two attached hydrogens (primary N) is 1. The molecule has 1 aromatic rings. The van der Waals surface area contributed by atoms with E-state index < -0.39 is 0 Å². The molecule has 3 nitrogen and oxygen atoms in total. The Morgan fingerprint density at radius 2 is 1.86 bits per heavy atom. The van der Waals surface area contributed by atoms with Gasteiger partial charge in [0.05, 0.1) is 6.61 Å². The van der Waals surface area contributed by atoms with Crippen LogP contribution >= 0.6 is 0 Å². The van der Waals surface area contributed by atoms with Gasteiger partial charge in [0.15, 0.2) is 0 Å². The first-order valence-corrected chi connectivity index (χ1v) is 8.72. The first-order valence-electron chi connectivity index (χ1n) is 8.72. The zero-order valence-electron chi connectivity index (χ0n) is 14.4. The number of aryl methyl sites for hydroxylation is 2. The number of fused-ring (bicyclic) bond motifs is 1. The highest BCUT2D eigenvalue weighted by atomic mass is 16.5. The molecule has 0 amide bonds. The number of rotatable bonds is 2. The Morgan fingerprint density at radius 3 is 2.55 bits per heavy atom. The summed E-state index contributed by atoms with van der Waals surface area (Å²) in [6.45, 7) is 10.8. The summed E-state index contributed by atoms with van der Waals surface area (Å²) >= 11 is 0. The molecule has 2 N–H and O–H groups in total. The number of ether oxygens (including phenoxy) is 1. The maximum atomic E-state index is 6.63. The number of piperidine rings is 1. The van der Waals surface area contributed by atoms with Crippen molar-refractivity contribution in [3.05, 3.63) is 28.8 Å². The largest absolute Gasteiger partial charge is 0.493 e. The lowest BCUT2D eigenvalue weighted by Gasteiger charge is -2.43. The van der Waals surface area contributed by atoms with Gasteiger partial charge in [-0.2, -0.15) is 0 Å². The van der Waals surface area contributed by atoms with Gasteiger partial charge < -0.3 is 10.5 Å². The van der Waals surface area contributed by atoms with Gasteiger partial charge in [0, 0.05) is 36.2 Å². The lowest BCUT2D eigenvalue weighted by atomic mass is 9.87. The van der Waals surface area contributed by atoms with Gasteiger partial charge >= 0.3 is 0 Å². The fraction of sp³-hybridized carbons (Fsp3) is 0.684. The van der Waals surface area contributed by atoms with Crippen LogP contribution in [0.2, 0.25) is 0 Å². The second kappa shape index (κ2) is 6.21. The highest BCUT2D eigenvalue weighted by molar-refractivity contribution is 5.46. The Labute approximate surface area is 134 Å². The SMILES string of the molecule is Cc1cc(C)c2c(c1)C(N)C(CN1C(C)CCCC1C)CO2. The summed E-state index contributed by atoms with van der Waals surface area (Å²) in [7, 11) is 0. The van der Waals surface area contributed by atoms with Crippen molar-refractivity contribution in [3.63, 3.8) is 0 Å². The van der Waals surface area contributed by atoms with Crippen molar-refractivity contribution in [1.82, 2.24) is 4.90 Å². The molecular weight excluding hydrogens is 272 g/mol. The van der Waals surface area contributed by atoms with Gasteiger partial charge in [-0.15, -0.1) is 0 Å². The van der Waals surface area contributed by atoms with Crippen molar-refractivity contribution < 1.29 is 4.74 Å².